The first-order chi connectivity index (χ1) is 8.99. The van der Waals surface area contributed by atoms with Crippen LogP contribution in [0.4, 0.5) is 4.39 Å². The highest BCUT2D eigenvalue weighted by molar-refractivity contribution is 6.34. The van der Waals surface area contributed by atoms with E-state index >= 15 is 0 Å². The maximum absolute atomic E-state index is 13.6. The van der Waals surface area contributed by atoms with Crippen molar-refractivity contribution in [1.82, 2.24) is 0 Å². The van der Waals surface area contributed by atoms with Crippen LogP contribution in [0.2, 0.25) is 10.0 Å². The van der Waals surface area contributed by atoms with Crippen molar-refractivity contribution in [2.24, 2.45) is 0 Å². The second-order valence-corrected chi connectivity index (χ2v) is 4.69. The molecule has 0 aromatic heterocycles. The van der Waals surface area contributed by atoms with Crippen LogP contribution in [-0.2, 0) is 0 Å². The van der Waals surface area contributed by atoms with Gasteiger partial charge >= 0.3 is 0 Å². The van der Waals surface area contributed by atoms with Gasteiger partial charge in [-0.05, 0) is 31.2 Å². The minimum Gasteiger partial charge on any atom is -0.455 e. The normalized spacial score (nSPS) is 10.3. The summed E-state index contributed by atoms with van der Waals surface area (Å²) in [6.07, 6.45) is 0. The summed E-state index contributed by atoms with van der Waals surface area (Å²) in [6.45, 7) is 1.27. The van der Waals surface area contributed by atoms with Crippen molar-refractivity contribution in [1.29, 1.82) is 0 Å². The quantitative estimate of drug-likeness (QED) is 0.735. The molecular weight excluding hydrogens is 290 g/mol. The molecule has 0 spiro atoms. The van der Waals surface area contributed by atoms with Gasteiger partial charge in [0.15, 0.2) is 5.78 Å². The Morgan fingerprint density at radius 2 is 1.89 bits per heavy atom. The summed E-state index contributed by atoms with van der Waals surface area (Å²) in [7, 11) is 0. The first-order valence-electron chi connectivity index (χ1n) is 5.41. The zero-order valence-electron chi connectivity index (χ0n) is 9.91. The van der Waals surface area contributed by atoms with Gasteiger partial charge in [-0.15, -0.1) is 0 Å². The van der Waals surface area contributed by atoms with Crippen molar-refractivity contribution in [2.45, 2.75) is 6.92 Å². The molecule has 0 atom stereocenters. The van der Waals surface area contributed by atoms with Crippen LogP contribution in [0.1, 0.15) is 17.3 Å². The lowest BCUT2D eigenvalue weighted by Gasteiger charge is -2.11. The predicted octanol–water partition coefficient (Wildman–Crippen LogP) is 5.13. The molecule has 2 aromatic carbocycles. The molecule has 0 N–H and O–H groups in total. The van der Waals surface area contributed by atoms with Crippen LogP contribution >= 0.6 is 23.2 Å². The molecule has 0 fully saturated rings. The minimum absolute atomic E-state index is 0.108. The fourth-order valence-corrected chi connectivity index (χ4v) is 1.92. The van der Waals surface area contributed by atoms with E-state index in [-0.39, 0.29) is 17.1 Å². The summed E-state index contributed by atoms with van der Waals surface area (Å²) in [4.78, 5) is 11.5. The molecule has 0 heterocycles. The summed E-state index contributed by atoms with van der Waals surface area (Å²) in [5.41, 5.74) is -0.112. The van der Waals surface area contributed by atoms with Crippen LogP contribution in [0.15, 0.2) is 36.4 Å². The molecule has 0 unspecified atom stereocenters. The lowest BCUT2D eigenvalue weighted by atomic mass is 10.1. The SMILES string of the molecule is CC(=O)c1c(F)cccc1Oc1cc(Cl)ccc1Cl. The zero-order valence-corrected chi connectivity index (χ0v) is 11.4. The number of ether oxygens (including phenoxy) is 1. The third-order valence-corrected chi connectivity index (χ3v) is 2.99. The van der Waals surface area contributed by atoms with Crippen LogP contribution in [0, 0.1) is 5.82 Å². The lowest BCUT2D eigenvalue weighted by Crippen LogP contribution is -2.01. The summed E-state index contributed by atoms with van der Waals surface area (Å²) in [5, 5.41) is 0.753. The second kappa shape index (κ2) is 5.59. The number of Topliss-reactive ketones (excluding diaryl/α,β-unsaturated/α-hetero) is 1. The fraction of sp³-hybridized carbons (Fsp3) is 0.0714. The zero-order chi connectivity index (χ0) is 14.0. The number of rotatable bonds is 3. The molecule has 0 saturated carbocycles. The number of ketones is 1. The third-order valence-electron chi connectivity index (χ3n) is 2.44. The van der Waals surface area contributed by atoms with E-state index in [1.807, 2.05) is 0 Å². The van der Waals surface area contributed by atoms with E-state index in [0.717, 1.165) is 0 Å². The number of hydrogen-bond donors (Lipinski definition) is 0. The Morgan fingerprint density at radius 3 is 2.58 bits per heavy atom. The van der Waals surface area contributed by atoms with Gasteiger partial charge in [0.25, 0.3) is 0 Å². The molecule has 0 saturated heterocycles. The van der Waals surface area contributed by atoms with E-state index in [4.69, 9.17) is 27.9 Å². The Labute approximate surface area is 119 Å². The molecule has 19 heavy (non-hydrogen) atoms. The van der Waals surface area contributed by atoms with Crippen molar-refractivity contribution >= 4 is 29.0 Å². The minimum atomic E-state index is -0.636. The van der Waals surface area contributed by atoms with Gasteiger partial charge < -0.3 is 4.74 Å². The Bertz CT molecular complexity index is 641. The van der Waals surface area contributed by atoms with Crippen LogP contribution in [0.25, 0.3) is 0 Å². The molecule has 0 bridgehead atoms. The average Bonchev–Trinajstić information content (AvgIpc) is 2.33. The van der Waals surface area contributed by atoms with Gasteiger partial charge in [-0.1, -0.05) is 29.3 Å². The van der Waals surface area contributed by atoms with E-state index in [1.54, 1.807) is 12.1 Å². The number of benzene rings is 2. The maximum atomic E-state index is 13.6. The molecule has 2 nitrogen and oxygen atoms in total. The summed E-state index contributed by atoms with van der Waals surface area (Å²) >= 11 is 11.8. The van der Waals surface area contributed by atoms with Gasteiger partial charge in [-0.25, -0.2) is 4.39 Å². The van der Waals surface area contributed by atoms with E-state index in [1.165, 1.54) is 31.2 Å². The lowest BCUT2D eigenvalue weighted by molar-refractivity contribution is 0.101. The number of hydrogen-bond acceptors (Lipinski definition) is 2. The van der Waals surface area contributed by atoms with Gasteiger partial charge in [-0.2, -0.15) is 0 Å². The van der Waals surface area contributed by atoms with Gasteiger partial charge in [-0.3, -0.25) is 4.79 Å². The molecule has 2 rings (SSSR count). The molecule has 5 heteroatoms. The fourth-order valence-electron chi connectivity index (χ4n) is 1.60. The van der Waals surface area contributed by atoms with Crippen molar-refractivity contribution in [3.8, 4) is 11.5 Å². The van der Waals surface area contributed by atoms with E-state index in [2.05, 4.69) is 0 Å². The van der Waals surface area contributed by atoms with Gasteiger partial charge in [0.2, 0.25) is 0 Å². The molecule has 0 aliphatic rings. The Kier molecular flexibility index (Phi) is 4.08. The first-order valence-corrected chi connectivity index (χ1v) is 6.17. The van der Waals surface area contributed by atoms with Gasteiger partial charge in [0, 0.05) is 11.1 Å². The molecule has 98 valence electrons. The largest absolute Gasteiger partial charge is 0.455 e. The topological polar surface area (TPSA) is 26.3 Å². The number of carbonyl (C=O) groups is 1. The maximum Gasteiger partial charge on any atom is 0.166 e. The summed E-state index contributed by atoms with van der Waals surface area (Å²) < 4.78 is 19.1. The molecular formula is C14H9Cl2FO2. The summed E-state index contributed by atoms with van der Waals surface area (Å²) in [6, 6.07) is 8.81. The van der Waals surface area contributed by atoms with Crippen molar-refractivity contribution in [3.63, 3.8) is 0 Å². The average molecular weight is 299 g/mol. The number of carbonyl (C=O) groups excluding carboxylic acids is 1. The highest BCUT2D eigenvalue weighted by Gasteiger charge is 2.15. The van der Waals surface area contributed by atoms with Crippen LogP contribution < -0.4 is 4.74 Å². The van der Waals surface area contributed by atoms with Crippen molar-refractivity contribution in [3.05, 3.63) is 57.8 Å². The second-order valence-electron chi connectivity index (χ2n) is 3.85. The number of halogens is 3. The Morgan fingerprint density at radius 1 is 1.16 bits per heavy atom. The van der Waals surface area contributed by atoms with E-state index < -0.39 is 11.6 Å². The monoisotopic (exact) mass is 298 g/mol. The van der Waals surface area contributed by atoms with E-state index in [0.29, 0.717) is 10.0 Å². The molecule has 0 amide bonds. The summed E-state index contributed by atoms with van der Waals surface area (Å²) in [5.74, 6) is -0.687. The Balaban J connectivity index is 2.46. The van der Waals surface area contributed by atoms with Crippen LogP contribution in [0.3, 0.4) is 0 Å². The van der Waals surface area contributed by atoms with E-state index in [9.17, 15) is 9.18 Å². The highest BCUT2D eigenvalue weighted by Crippen LogP contribution is 2.34. The highest BCUT2D eigenvalue weighted by atomic mass is 35.5. The standard InChI is InChI=1S/C14H9Cl2FO2/c1-8(18)14-11(17)3-2-4-12(14)19-13-7-9(15)5-6-10(13)16/h2-7H,1H3. The van der Waals surface area contributed by atoms with Crippen molar-refractivity contribution < 1.29 is 13.9 Å². The molecule has 2 aromatic rings. The van der Waals surface area contributed by atoms with Gasteiger partial charge in [0.05, 0.1) is 10.6 Å². The Hall–Kier alpha value is -1.58. The third kappa shape index (κ3) is 3.06. The molecule has 0 aliphatic heterocycles. The van der Waals surface area contributed by atoms with Crippen molar-refractivity contribution in [2.75, 3.05) is 0 Å². The van der Waals surface area contributed by atoms with Crippen LogP contribution in [-0.4, -0.2) is 5.78 Å². The molecule has 0 aliphatic carbocycles. The molecule has 0 radical (unpaired) electrons. The smallest absolute Gasteiger partial charge is 0.166 e. The predicted molar refractivity (Wildman–Crippen MR) is 72.9 cm³/mol. The first kappa shape index (κ1) is 13.8. The van der Waals surface area contributed by atoms with Crippen LogP contribution in [0.5, 0.6) is 11.5 Å². The van der Waals surface area contributed by atoms with Gasteiger partial charge in [0.1, 0.15) is 17.3 Å².